The minimum absolute atomic E-state index is 0.177. The van der Waals surface area contributed by atoms with Crippen LogP contribution < -0.4 is 14.8 Å². The van der Waals surface area contributed by atoms with Crippen LogP contribution in [0.2, 0.25) is 0 Å². The summed E-state index contributed by atoms with van der Waals surface area (Å²) in [6.07, 6.45) is 0.698. The molecule has 0 saturated heterocycles. The van der Waals surface area contributed by atoms with E-state index in [4.69, 9.17) is 14.0 Å². The van der Waals surface area contributed by atoms with Crippen molar-refractivity contribution in [2.24, 2.45) is 0 Å². The van der Waals surface area contributed by atoms with Crippen molar-refractivity contribution in [3.05, 3.63) is 89.3 Å². The average Bonchev–Trinajstić information content (AvgIpc) is 3.14. The number of hydrogen-bond acceptors (Lipinski definition) is 5. The fourth-order valence-electron chi connectivity index (χ4n) is 3.45. The summed E-state index contributed by atoms with van der Waals surface area (Å²) in [5, 5.41) is 8.94. The Bertz CT molecular complexity index is 1180. The van der Waals surface area contributed by atoms with E-state index in [2.05, 4.69) is 10.5 Å². The molecule has 3 aromatic carbocycles. The fourth-order valence-corrected chi connectivity index (χ4v) is 3.45. The molecule has 0 atom stereocenters. The van der Waals surface area contributed by atoms with E-state index in [9.17, 15) is 4.79 Å². The van der Waals surface area contributed by atoms with Crippen molar-refractivity contribution in [3.63, 3.8) is 0 Å². The van der Waals surface area contributed by atoms with E-state index in [0.29, 0.717) is 36.6 Å². The minimum Gasteiger partial charge on any atom is -0.494 e. The van der Waals surface area contributed by atoms with Gasteiger partial charge in [0.2, 0.25) is 0 Å². The highest BCUT2D eigenvalue weighted by Gasteiger charge is 2.16. The number of nitrogens with zero attached hydrogens (tertiary/aromatic N) is 1. The number of carbonyl (C=O) groups excluding carboxylic acids is 1. The van der Waals surface area contributed by atoms with E-state index in [1.165, 1.54) is 0 Å². The lowest BCUT2D eigenvalue weighted by Crippen LogP contribution is -2.26. The van der Waals surface area contributed by atoms with Gasteiger partial charge in [0, 0.05) is 6.54 Å². The number of rotatable bonds is 9. The van der Waals surface area contributed by atoms with Gasteiger partial charge >= 0.3 is 0 Å². The van der Waals surface area contributed by atoms with Crippen molar-refractivity contribution in [3.8, 4) is 11.5 Å². The maximum Gasteiger partial charge on any atom is 0.255 e. The number of fused-ring (bicyclic) bond motifs is 1. The molecule has 0 aliphatic carbocycles. The predicted octanol–water partition coefficient (Wildman–Crippen LogP) is 5.22. The molecular formula is C26H26N2O4. The summed E-state index contributed by atoms with van der Waals surface area (Å²) >= 11 is 0. The highest BCUT2D eigenvalue weighted by Crippen LogP contribution is 2.28. The zero-order valence-electron chi connectivity index (χ0n) is 18.3. The van der Waals surface area contributed by atoms with Crippen molar-refractivity contribution in [2.45, 2.75) is 26.9 Å². The van der Waals surface area contributed by atoms with Crippen molar-refractivity contribution < 1.29 is 18.8 Å². The van der Waals surface area contributed by atoms with Gasteiger partial charge in [0.25, 0.3) is 5.91 Å². The number of benzene rings is 3. The highest BCUT2D eigenvalue weighted by atomic mass is 16.5. The number of carbonyl (C=O) groups is 1. The maximum absolute atomic E-state index is 13.0. The molecule has 0 saturated carbocycles. The molecule has 0 aliphatic rings. The van der Waals surface area contributed by atoms with E-state index in [0.717, 1.165) is 27.8 Å². The summed E-state index contributed by atoms with van der Waals surface area (Å²) in [5.41, 5.74) is 2.18. The molecule has 32 heavy (non-hydrogen) atoms. The lowest BCUT2D eigenvalue weighted by molar-refractivity contribution is 0.0947. The molecule has 6 heteroatoms. The largest absolute Gasteiger partial charge is 0.494 e. The Morgan fingerprint density at radius 1 is 0.969 bits per heavy atom. The Hall–Kier alpha value is -3.80. The summed E-state index contributed by atoms with van der Waals surface area (Å²) < 4.78 is 17.0. The van der Waals surface area contributed by atoms with Crippen LogP contribution in [-0.4, -0.2) is 24.2 Å². The lowest BCUT2D eigenvalue weighted by Gasteiger charge is -2.14. The Morgan fingerprint density at radius 2 is 1.69 bits per heavy atom. The summed E-state index contributed by atoms with van der Waals surface area (Å²) in [7, 11) is 0. The van der Waals surface area contributed by atoms with Crippen LogP contribution in [0.4, 0.5) is 0 Å². The number of para-hydroxylation sites is 1. The zero-order valence-corrected chi connectivity index (χ0v) is 18.3. The van der Waals surface area contributed by atoms with E-state index in [1.54, 1.807) is 0 Å². The number of hydrogen-bond donors (Lipinski definition) is 1. The van der Waals surface area contributed by atoms with Gasteiger partial charge in [-0.05, 0) is 55.3 Å². The molecular weight excluding hydrogens is 404 g/mol. The van der Waals surface area contributed by atoms with Gasteiger partial charge in [0.15, 0.2) is 0 Å². The normalized spacial score (nSPS) is 10.8. The van der Waals surface area contributed by atoms with Gasteiger partial charge in [-0.15, -0.1) is 0 Å². The monoisotopic (exact) mass is 430 g/mol. The minimum atomic E-state index is -0.177. The van der Waals surface area contributed by atoms with Crippen molar-refractivity contribution in [1.29, 1.82) is 0 Å². The molecule has 1 N–H and O–H groups in total. The Balaban J connectivity index is 1.43. The van der Waals surface area contributed by atoms with Crippen LogP contribution in [0.25, 0.3) is 10.8 Å². The van der Waals surface area contributed by atoms with Gasteiger partial charge in [0.05, 0.1) is 23.4 Å². The molecule has 1 aromatic heterocycles. The SMILES string of the molecule is Cc1noc(C)c1COc1cc2ccccc2cc1C(=O)NCCCOc1ccccc1. The standard InChI is InChI=1S/C26H26N2O4/c1-18-24(19(2)32-28-18)17-31-25-16-21-10-7-6-9-20(21)15-23(25)26(29)27-13-8-14-30-22-11-4-3-5-12-22/h3-7,9-12,15-16H,8,13-14,17H2,1-2H3,(H,27,29). The van der Waals surface area contributed by atoms with Gasteiger partial charge in [-0.25, -0.2) is 0 Å². The van der Waals surface area contributed by atoms with Crippen LogP contribution in [0, 0.1) is 13.8 Å². The molecule has 0 radical (unpaired) electrons. The summed E-state index contributed by atoms with van der Waals surface area (Å²) in [6, 6.07) is 21.3. The molecule has 4 rings (SSSR count). The van der Waals surface area contributed by atoms with E-state index in [1.807, 2.05) is 80.6 Å². The summed E-state index contributed by atoms with van der Waals surface area (Å²) in [4.78, 5) is 13.0. The van der Waals surface area contributed by atoms with Gasteiger partial charge in [-0.1, -0.05) is 47.6 Å². The van der Waals surface area contributed by atoms with Crippen LogP contribution in [0.5, 0.6) is 11.5 Å². The van der Waals surface area contributed by atoms with Crippen molar-refractivity contribution in [1.82, 2.24) is 10.5 Å². The number of aromatic nitrogens is 1. The van der Waals surface area contributed by atoms with Gasteiger partial charge in [-0.2, -0.15) is 0 Å². The smallest absolute Gasteiger partial charge is 0.255 e. The van der Waals surface area contributed by atoms with Crippen molar-refractivity contribution >= 4 is 16.7 Å². The second-order valence-electron chi connectivity index (χ2n) is 7.56. The summed E-state index contributed by atoms with van der Waals surface area (Å²) in [6.45, 7) is 5.04. The van der Waals surface area contributed by atoms with Crippen molar-refractivity contribution in [2.75, 3.05) is 13.2 Å². The van der Waals surface area contributed by atoms with Crippen LogP contribution in [-0.2, 0) is 6.61 Å². The molecule has 0 bridgehead atoms. The van der Waals surface area contributed by atoms with Gasteiger partial charge < -0.3 is 19.3 Å². The second kappa shape index (κ2) is 10.0. The first kappa shape index (κ1) is 21.4. The molecule has 0 unspecified atom stereocenters. The third-order valence-corrected chi connectivity index (χ3v) is 5.26. The first-order valence-corrected chi connectivity index (χ1v) is 10.6. The van der Waals surface area contributed by atoms with Crippen LogP contribution >= 0.6 is 0 Å². The zero-order chi connectivity index (χ0) is 22.3. The van der Waals surface area contributed by atoms with Crippen LogP contribution in [0.15, 0.2) is 71.3 Å². The molecule has 1 heterocycles. The molecule has 0 aliphatic heterocycles. The lowest BCUT2D eigenvalue weighted by atomic mass is 10.1. The van der Waals surface area contributed by atoms with Crippen LogP contribution in [0.3, 0.4) is 0 Å². The van der Waals surface area contributed by atoms with E-state index >= 15 is 0 Å². The van der Waals surface area contributed by atoms with Crippen LogP contribution in [0.1, 0.15) is 33.8 Å². The Kier molecular flexibility index (Phi) is 6.70. The highest BCUT2D eigenvalue weighted by molar-refractivity contribution is 6.01. The predicted molar refractivity (Wildman–Crippen MR) is 123 cm³/mol. The number of ether oxygens (including phenoxy) is 2. The van der Waals surface area contributed by atoms with Gasteiger partial charge in [-0.3, -0.25) is 4.79 Å². The molecule has 0 fully saturated rings. The average molecular weight is 431 g/mol. The number of amides is 1. The van der Waals surface area contributed by atoms with Gasteiger partial charge in [0.1, 0.15) is 23.9 Å². The first-order chi connectivity index (χ1) is 15.6. The third-order valence-electron chi connectivity index (χ3n) is 5.26. The molecule has 164 valence electrons. The number of nitrogens with one attached hydrogen (secondary N) is 1. The maximum atomic E-state index is 13.0. The third kappa shape index (κ3) is 5.09. The quantitative estimate of drug-likeness (QED) is 0.369. The second-order valence-corrected chi connectivity index (χ2v) is 7.56. The first-order valence-electron chi connectivity index (χ1n) is 10.6. The number of aryl methyl sites for hydroxylation is 2. The molecule has 6 nitrogen and oxygen atoms in total. The molecule has 0 spiro atoms. The molecule has 4 aromatic rings. The molecule has 1 amide bonds. The van der Waals surface area contributed by atoms with E-state index in [-0.39, 0.29) is 12.5 Å². The fraction of sp³-hybridized carbons (Fsp3) is 0.231. The topological polar surface area (TPSA) is 73.6 Å². The van der Waals surface area contributed by atoms with E-state index < -0.39 is 0 Å². The Morgan fingerprint density at radius 3 is 2.41 bits per heavy atom. The Labute approximate surface area is 187 Å². The summed E-state index contributed by atoms with van der Waals surface area (Å²) in [5.74, 6) is 1.89.